The summed E-state index contributed by atoms with van der Waals surface area (Å²) in [5.41, 5.74) is 3.41. The van der Waals surface area contributed by atoms with Crippen molar-refractivity contribution in [2.45, 2.75) is 19.0 Å². The lowest BCUT2D eigenvalue weighted by Gasteiger charge is -2.09. The Labute approximate surface area is 148 Å². The minimum Gasteiger partial charge on any atom is -0.325 e. The molecule has 0 aliphatic rings. The zero-order valence-electron chi connectivity index (χ0n) is 13.7. The number of anilines is 1. The molecule has 0 saturated carbocycles. The Morgan fingerprint density at radius 2 is 2.08 bits per heavy atom. The van der Waals surface area contributed by atoms with E-state index < -0.39 is 5.82 Å². The molecule has 0 atom stereocenters. The number of amides is 1. The first-order valence-electron chi connectivity index (χ1n) is 7.57. The average Bonchev–Trinajstić information content (AvgIpc) is 3.03. The van der Waals surface area contributed by atoms with Crippen LogP contribution in [0.1, 0.15) is 11.1 Å². The third kappa shape index (κ3) is 4.21. The Balaban J connectivity index is 1.69. The number of thioether (sulfide) groups is 1. The summed E-state index contributed by atoms with van der Waals surface area (Å²) in [7, 11) is 0. The molecular weight excluding hydrogens is 341 g/mol. The lowest BCUT2D eigenvalue weighted by atomic mass is 10.1. The molecule has 0 saturated heterocycles. The molecule has 25 heavy (non-hydrogen) atoms. The fourth-order valence-corrected chi connectivity index (χ4v) is 2.94. The van der Waals surface area contributed by atoms with E-state index in [0.29, 0.717) is 10.8 Å². The number of halogens is 1. The van der Waals surface area contributed by atoms with E-state index in [1.54, 1.807) is 16.8 Å². The Kier molecular flexibility index (Phi) is 5.08. The van der Waals surface area contributed by atoms with E-state index in [1.807, 2.05) is 32.0 Å². The number of hydrogen-bond acceptors (Lipinski definition) is 5. The number of tetrazole rings is 1. The third-order valence-corrected chi connectivity index (χ3v) is 4.39. The number of nitrogens with zero attached hydrogens (tertiary/aromatic N) is 4. The van der Waals surface area contributed by atoms with Crippen molar-refractivity contribution in [2.24, 2.45) is 0 Å². The van der Waals surface area contributed by atoms with Gasteiger partial charge >= 0.3 is 0 Å². The molecule has 1 N–H and O–H groups in total. The number of aryl methyl sites for hydroxylation is 2. The van der Waals surface area contributed by atoms with Gasteiger partial charge in [-0.1, -0.05) is 30.0 Å². The second kappa shape index (κ2) is 7.43. The molecule has 2 aromatic carbocycles. The average molecular weight is 357 g/mol. The fourth-order valence-electron chi connectivity index (χ4n) is 2.26. The van der Waals surface area contributed by atoms with Crippen LogP contribution in [0.15, 0.2) is 47.6 Å². The smallest absolute Gasteiger partial charge is 0.234 e. The van der Waals surface area contributed by atoms with Crippen molar-refractivity contribution in [2.75, 3.05) is 11.1 Å². The van der Waals surface area contributed by atoms with Gasteiger partial charge in [0.2, 0.25) is 11.1 Å². The maximum atomic E-state index is 13.2. The molecule has 8 heteroatoms. The first-order valence-corrected chi connectivity index (χ1v) is 8.56. The normalized spacial score (nSPS) is 10.7. The maximum absolute atomic E-state index is 13.2. The molecule has 6 nitrogen and oxygen atoms in total. The van der Waals surface area contributed by atoms with E-state index in [-0.39, 0.29) is 11.7 Å². The van der Waals surface area contributed by atoms with E-state index in [9.17, 15) is 9.18 Å². The molecule has 0 bridgehead atoms. The minimum atomic E-state index is -0.399. The van der Waals surface area contributed by atoms with Crippen LogP contribution in [0, 0.1) is 19.7 Å². The van der Waals surface area contributed by atoms with E-state index >= 15 is 0 Å². The first-order chi connectivity index (χ1) is 12.0. The van der Waals surface area contributed by atoms with Crippen LogP contribution in [0.2, 0.25) is 0 Å². The highest BCUT2D eigenvalue weighted by Gasteiger charge is 2.13. The summed E-state index contributed by atoms with van der Waals surface area (Å²) in [5.74, 6) is -0.544. The van der Waals surface area contributed by atoms with Crippen molar-refractivity contribution in [1.82, 2.24) is 20.2 Å². The monoisotopic (exact) mass is 357 g/mol. The molecule has 128 valence electrons. The van der Waals surface area contributed by atoms with Crippen molar-refractivity contribution in [1.29, 1.82) is 0 Å². The summed E-state index contributed by atoms with van der Waals surface area (Å²) >= 11 is 1.22. The van der Waals surface area contributed by atoms with Gasteiger partial charge in [0.05, 0.1) is 11.4 Å². The molecule has 0 fully saturated rings. The zero-order chi connectivity index (χ0) is 17.8. The summed E-state index contributed by atoms with van der Waals surface area (Å²) in [5, 5.41) is 14.9. The lowest BCUT2D eigenvalue weighted by Crippen LogP contribution is -2.14. The molecule has 1 amide bonds. The van der Waals surface area contributed by atoms with Gasteiger partial charge in [0, 0.05) is 5.69 Å². The van der Waals surface area contributed by atoms with Crippen molar-refractivity contribution in [3.8, 4) is 5.69 Å². The molecule has 3 aromatic rings. The Morgan fingerprint density at radius 3 is 2.88 bits per heavy atom. The molecule has 1 aromatic heterocycles. The van der Waals surface area contributed by atoms with Crippen molar-refractivity contribution in [3.63, 3.8) is 0 Å². The minimum absolute atomic E-state index is 0.113. The first kappa shape index (κ1) is 17.1. The van der Waals surface area contributed by atoms with E-state index in [4.69, 9.17) is 0 Å². The number of benzene rings is 2. The third-order valence-electron chi connectivity index (χ3n) is 3.47. The van der Waals surface area contributed by atoms with Gasteiger partial charge in [-0.15, -0.1) is 5.10 Å². The van der Waals surface area contributed by atoms with Crippen LogP contribution in [0.3, 0.4) is 0 Å². The molecule has 0 aliphatic carbocycles. The molecular formula is C17H16FN5OS. The van der Waals surface area contributed by atoms with E-state index in [2.05, 4.69) is 20.8 Å². The highest BCUT2D eigenvalue weighted by atomic mass is 32.2. The SMILES string of the molecule is Cc1ccc(C)c(-n2nnnc2SCC(=O)Nc2cccc(F)c2)c1. The number of carbonyl (C=O) groups excluding carboxylic acids is 1. The van der Waals surface area contributed by atoms with Crippen LogP contribution in [-0.2, 0) is 4.79 Å². The van der Waals surface area contributed by atoms with Crippen molar-refractivity contribution in [3.05, 3.63) is 59.4 Å². The second-order valence-electron chi connectivity index (χ2n) is 5.51. The van der Waals surface area contributed by atoms with Crippen LogP contribution in [0.25, 0.3) is 5.69 Å². The Hall–Kier alpha value is -2.74. The molecule has 1 heterocycles. The predicted molar refractivity (Wildman–Crippen MR) is 94.4 cm³/mol. The summed E-state index contributed by atoms with van der Waals surface area (Å²) in [4.78, 5) is 12.1. The number of rotatable bonds is 5. The quantitative estimate of drug-likeness (QED) is 0.710. The summed E-state index contributed by atoms with van der Waals surface area (Å²) in [6.07, 6.45) is 0. The largest absolute Gasteiger partial charge is 0.325 e. The molecule has 0 radical (unpaired) electrons. The van der Waals surface area contributed by atoms with E-state index in [0.717, 1.165) is 16.8 Å². The van der Waals surface area contributed by atoms with Gasteiger partial charge in [-0.05, 0) is 59.7 Å². The highest BCUT2D eigenvalue weighted by molar-refractivity contribution is 7.99. The van der Waals surface area contributed by atoms with Crippen LogP contribution in [0.5, 0.6) is 0 Å². The topological polar surface area (TPSA) is 72.7 Å². The van der Waals surface area contributed by atoms with Crippen molar-refractivity contribution < 1.29 is 9.18 Å². The number of hydrogen-bond donors (Lipinski definition) is 1. The number of carbonyl (C=O) groups is 1. The van der Waals surface area contributed by atoms with Crippen LogP contribution < -0.4 is 5.32 Å². The molecule has 0 spiro atoms. The van der Waals surface area contributed by atoms with Gasteiger partial charge in [-0.25, -0.2) is 4.39 Å². The summed E-state index contributed by atoms with van der Waals surface area (Å²) < 4.78 is 14.8. The second-order valence-corrected chi connectivity index (χ2v) is 6.45. The number of nitrogens with one attached hydrogen (secondary N) is 1. The van der Waals surface area contributed by atoms with Crippen LogP contribution >= 0.6 is 11.8 Å². The summed E-state index contributed by atoms with van der Waals surface area (Å²) in [6, 6.07) is 11.8. The van der Waals surface area contributed by atoms with Crippen LogP contribution in [-0.4, -0.2) is 31.9 Å². The zero-order valence-corrected chi connectivity index (χ0v) is 14.5. The summed E-state index contributed by atoms with van der Waals surface area (Å²) in [6.45, 7) is 3.97. The van der Waals surface area contributed by atoms with Gasteiger partial charge in [-0.3, -0.25) is 4.79 Å². The molecule has 3 rings (SSSR count). The van der Waals surface area contributed by atoms with Gasteiger partial charge in [0.1, 0.15) is 5.82 Å². The van der Waals surface area contributed by atoms with Crippen molar-refractivity contribution >= 4 is 23.4 Å². The predicted octanol–water partition coefficient (Wildman–Crippen LogP) is 3.15. The van der Waals surface area contributed by atoms with Gasteiger partial charge < -0.3 is 5.32 Å². The highest BCUT2D eigenvalue weighted by Crippen LogP contribution is 2.22. The molecule has 0 unspecified atom stereocenters. The van der Waals surface area contributed by atoms with Gasteiger partial charge in [0.25, 0.3) is 0 Å². The van der Waals surface area contributed by atoms with E-state index in [1.165, 1.54) is 23.9 Å². The standard InChI is InChI=1S/C17H16FN5OS/c1-11-6-7-12(2)15(8-11)23-17(20-21-22-23)25-10-16(24)19-14-5-3-4-13(18)9-14/h3-9H,10H2,1-2H3,(H,19,24). The Morgan fingerprint density at radius 1 is 1.24 bits per heavy atom. The van der Waals surface area contributed by atoms with Gasteiger partial charge in [-0.2, -0.15) is 4.68 Å². The maximum Gasteiger partial charge on any atom is 0.234 e. The Bertz CT molecular complexity index is 912. The lowest BCUT2D eigenvalue weighted by molar-refractivity contribution is -0.113. The van der Waals surface area contributed by atoms with Gasteiger partial charge in [0.15, 0.2) is 0 Å². The molecule has 0 aliphatic heterocycles. The number of aromatic nitrogens is 4. The fraction of sp³-hybridized carbons (Fsp3) is 0.176. The van der Waals surface area contributed by atoms with Crippen LogP contribution in [0.4, 0.5) is 10.1 Å².